The second-order valence-corrected chi connectivity index (χ2v) is 6.98. The van der Waals surface area contributed by atoms with Gasteiger partial charge >= 0.3 is 0 Å². The van der Waals surface area contributed by atoms with E-state index < -0.39 is 0 Å². The highest BCUT2D eigenvalue weighted by molar-refractivity contribution is 5.53. The maximum Gasteiger partial charge on any atom is 0.241 e. The minimum absolute atomic E-state index is 0.0110. The lowest BCUT2D eigenvalue weighted by atomic mass is 10.2. The third-order valence-electron chi connectivity index (χ3n) is 4.63. The highest BCUT2D eigenvalue weighted by Gasteiger charge is 2.14. The Balaban J connectivity index is 1.40. The highest BCUT2D eigenvalue weighted by atomic mass is 19.1. The maximum atomic E-state index is 13.1. The average molecular weight is 407 g/mol. The van der Waals surface area contributed by atoms with Crippen LogP contribution in [-0.2, 0) is 19.6 Å². The van der Waals surface area contributed by atoms with Crippen LogP contribution in [0.3, 0.4) is 0 Å². The molecule has 0 unspecified atom stereocenters. The van der Waals surface area contributed by atoms with Crippen molar-refractivity contribution >= 4 is 0 Å². The summed E-state index contributed by atoms with van der Waals surface area (Å²) in [5.74, 6) is 0.522. The summed E-state index contributed by atoms with van der Waals surface area (Å²) in [7, 11) is 0. The standard InChI is InChI=1S/C22H22FN5O2/c23-20-8-6-19(7-9-20)22-25-21(30-26-22)16-27(10-11-29)13-18-12-24-28(15-18)14-17-4-2-1-3-5-17/h1-9,12,15,29H,10-11,13-14,16H2. The molecule has 0 radical (unpaired) electrons. The normalized spacial score (nSPS) is 11.3. The molecule has 0 aliphatic carbocycles. The predicted molar refractivity (Wildman–Crippen MR) is 109 cm³/mol. The Hall–Kier alpha value is -3.36. The SMILES string of the molecule is OCCN(Cc1cnn(Cc2ccccc2)c1)Cc1nc(-c2ccc(F)cc2)no1. The van der Waals surface area contributed by atoms with Gasteiger partial charge in [-0.15, -0.1) is 0 Å². The van der Waals surface area contributed by atoms with E-state index in [-0.39, 0.29) is 12.4 Å². The van der Waals surface area contributed by atoms with Crippen LogP contribution < -0.4 is 0 Å². The molecule has 0 aliphatic heterocycles. The summed E-state index contributed by atoms with van der Waals surface area (Å²) >= 11 is 0. The molecule has 0 saturated heterocycles. The van der Waals surface area contributed by atoms with E-state index in [1.165, 1.54) is 17.7 Å². The van der Waals surface area contributed by atoms with Gasteiger partial charge in [-0.2, -0.15) is 10.1 Å². The molecule has 2 aromatic heterocycles. The smallest absolute Gasteiger partial charge is 0.241 e. The van der Waals surface area contributed by atoms with E-state index in [4.69, 9.17) is 4.52 Å². The zero-order valence-corrected chi connectivity index (χ0v) is 16.4. The molecule has 0 aliphatic rings. The molecule has 0 spiro atoms. The van der Waals surface area contributed by atoms with Crippen molar-refractivity contribution in [3.05, 3.63) is 89.8 Å². The molecule has 2 heterocycles. The maximum absolute atomic E-state index is 13.1. The third kappa shape index (κ3) is 5.16. The Morgan fingerprint density at radius 1 is 1.00 bits per heavy atom. The molecule has 8 heteroatoms. The predicted octanol–water partition coefficient (Wildman–Crippen LogP) is 3.12. The van der Waals surface area contributed by atoms with Gasteiger partial charge in [-0.05, 0) is 29.8 Å². The van der Waals surface area contributed by atoms with Crippen molar-refractivity contribution < 1.29 is 14.0 Å². The lowest BCUT2D eigenvalue weighted by Crippen LogP contribution is -2.26. The first-order valence-corrected chi connectivity index (χ1v) is 9.66. The lowest BCUT2D eigenvalue weighted by Gasteiger charge is -2.18. The fourth-order valence-corrected chi connectivity index (χ4v) is 3.19. The number of rotatable bonds is 9. The minimum atomic E-state index is -0.315. The van der Waals surface area contributed by atoms with Gasteiger partial charge in [0.2, 0.25) is 11.7 Å². The first kappa shape index (κ1) is 19.9. The molecule has 0 bridgehead atoms. The Labute approximate surface area is 173 Å². The van der Waals surface area contributed by atoms with E-state index in [0.717, 1.165) is 5.56 Å². The summed E-state index contributed by atoms with van der Waals surface area (Å²) in [6.45, 7) is 2.14. The van der Waals surface area contributed by atoms with Crippen molar-refractivity contribution in [2.24, 2.45) is 0 Å². The van der Waals surface area contributed by atoms with Gasteiger partial charge in [0.15, 0.2) is 0 Å². The summed E-state index contributed by atoms with van der Waals surface area (Å²) in [5.41, 5.74) is 2.89. The second kappa shape index (κ2) is 9.43. The number of aliphatic hydroxyl groups is 1. The topological polar surface area (TPSA) is 80.2 Å². The molecule has 0 atom stereocenters. The van der Waals surface area contributed by atoms with Crippen LogP contribution in [0.1, 0.15) is 17.0 Å². The van der Waals surface area contributed by atoms with Crippen molar-refractivity contribution in [3.63, 3.8) is 0 Å². The first-order valence-electron chi connectivity index (χ1n) is 9.66. The summed E-state index contributed by atoms with van der Waals surface area (Å²) in [6, 6.07) is 16.1. The van der Waals surface area contributed by atoms with Crippen LogP contribution in [-0.4, -0.2) is 43.1 Å². The van der Waals surface area contributed by atoms with Crippen molar-refractivity contribution in [2.45, 2.75) is 19.6 Å². The number of hydrogen-bond donors (Lipinski definition) is 1. The highest BCUT2D eigenvalue weighted by Crippen LogP contribution is 2.17. The van der Waals surface area contributed by atoms with Crippen LogP contribution in [0.4, 0.5) is 4.39 Å². The van der Waals surface area contributed by atoms with Gasteiger partial charge < -0.3 is 9.63 Å². The van der Waals surface area contributed by atoms with Gasteiger partial charge in [-0.3, -0.25) is 9.58 Å². The molecule has 1 N–H and O–H groups in total. The molecular formula is C22H22FN5O2. The fraction of sp³-hybridized carbons (Fsp3) is 0.227. The van der Waals surface area contributed by atoms with Gasteiger partial charge in [-0.25, -0.2) is 4.39 Å². The molecule has 7 nitrogen and oxygen atoms in total. The molecule has 0 fully saturated rings. The summed E-state index contributed by atoms with van der Waals surface area (Å²) in [6.07, 6.45) is 3.82. The second-order valence-electron chi connectivity index (χ2n) is 6.98. The number of aromatic nitrogens is 4. The van der Waals surface area contributed by atoms with Crippen LogP contribution in [0.15, 0.2) is 71.5 Å². The van der Waals surface area contributed by atoms with Gasteiger partial charge in [0.1, 0.15) is 5.82 Å². The number of aliphatic hydroxyl groups excluding tert-OH is 1. The molecular weight excluding hydrogens is 385 g/mol. The van der Waals surface area contributed by atoms with Gasteiger partial charge in [0, 0.05) is 30.4 Å². The summed E-state index contributed by atoms with van der Waals surface area (Å²) in [4.78, 5) is 6.40. The van der Waals surface area contributed by atoms with Crippen molar-refractivity contribution in [1.29, 1.82) is 0 Å². The van der Waals surface area contributed by atoms with Crippen LogP contribution >= 0.6 is 0 Å². The Morgan fingerprint density at radius 3 is 2.57 bits per heavy atom. The number of hydrogen-bond acceptors (Lipinski definition) is 6. The number of halogens is 1. The largest absolute Gasteiger partial charge is 0.395 e. The quantitative estimate of drug-likeness (QED) is 0.459. The average Bonchev–Trinajstić information content (AvgIpc) is 3.39. The molecule has 0 amide bonds. The van der Waals surface area contributed by atoms with Crippen molar-refractivity contribution in [1.82, 2.24) is 24.8 Å². The Bertz CT molecular complexity index is 1060. The molecule has 4 aromatic rings. The zero-order valence-electron chi connectivity index (χ0n) is 16.4. The minimum Gasteiger partial charge on any atom is -0.395 e. The van der Waals surface area contributed by atoms with Crippen LogP contribution in [0.2, 0.25) is 0 Å². The van der Waals surface area contributed by atoms with E-state index in [2.05, 4.69) is 27.4 Å². The zero-order chi connectivity index (χ0) is 20.8. The molecule has 2 aromatic carbocycles. The molecule has 0 saturated carbocycles. The summed E-state index contributed by atoms with van der Waals surface area (Å²) in [5, 5.41) is 17.8. The Kier molecular flexibility index (Phi) is 6.26. The van der Waals surface area contributed by atoms with Crippen LogP contribution in [0, 0.1) is 5.82 Å². The number of benzene rings is 2. The lowest BCUT2D eigenvalue weighted by molar-refractivity contribution is 0.167. The molecule has 30 heavy (non-hydrogen) atoms. The fourth-order valence-electron chi connectivity index (χ4n) is 3.19. The molecule has 4 rings (SSSR count). The van der Waals surface area contributed by atoms with E-state index in [1.54, 1.807) is 12.1 Å². The van der Waals surface area contributed by atoms with Gasteiger partial charge in [0.05, 0.1) is 25.9 Å². The van der Waals surface area contributed by atoms with Crippen molar-refractivity contribution in [3.8, 4) is 11.4 Å². The molecule has 154 valence electrons. The van der Waals surface area contributed by atoms with Gasteiger partial charge in [-0.1, -0.05) is 35.5 Å². The van der Waals surface area contributed by atoms with Crippen LogP contribution in [0.5, 0.6) is 0 Å². The van der Waals surface area contributed by atoms with Crippen LogP contribution in [0.25, 0.3) is 11.4 Å². The number of nitrogens with zero attached hydrogens (tertiary/aromatic N) is 5. The van der Waals surface area contributed by atoms with Crippen molar-refractivity contribution in [2.75, 3.05) is 13.2 Å². The third-order valence-corrected chi connectivity index (χ3v) is 4.63. The van der Waals surface area contributed by atoms with E-state index in [1.807, 2.05) is 40.2 Å². The Morgan fingerprint density at radius 2 is 1.80 bits per heavy atom. The monoisotopic (exact) mass is 407 g/mol. The first-order chi connectivity index (χ1) is 14.7. The van der Waals surface area contributed by atoms with E-state index >= 15 is 0 Å². The van der Waals surface area contributed by atoms with E-state index in [0.29, 0.717) is 43.5 Å². The van der Waals surface area contributed by atoms with Gasteiger partial charge in [0.25, 0.3) is 0 Å². The summed E-state index contributed by atoms with van der Waals surface area (Å²) < 4.78 is 20.3. The van der Waals surface area contributed by atoms with E-state index in [9.17, 15) is 9.50 Å².